The molecule has 1 rings (SSSR count). The topological polar surface area (TPSA) is 52.6 Å². The predicted molar refractivity (Wildman–Crippen MR) is 77.2 cm³/mol. The van der Waals surface area contributed by atoms with Crippen molar-refractivity contribution >= 4 is 11.9 Å². The Morgan fingerprint density at radius 3 is 2.00 bits per heavy atom. The number of carbonyl (C=O) groups is 2. The molecule has 0 heterocycles. The van der Waals surface area contributed by atoms with Crippen LogP contribution in [0.15, 0.2) is 0 Å². The highest BCUT2D eigenvalue weighted by atomic mass is 16.6. The lowest BCUT2D eigenvalue weighted by atomic mass is 9.79. The molecule has 1 fully saturated rings. The molecule has 4 heteroatoms. The number of esters is 2. The molecule has 1 aliphatic carbocycles. The van der Waals surface area contributed by atoms with E-state index < -0.39 is 11.4 Å². The summed E-state index contributed by atoms with van der Waals surface area (Å²) in [6, 6.07) is 0. The molecule has 0 aromatic heterocycles. The van der Waals surface area contributed by atoms with Crippen molar-refractivity contribution in [2.45, 2.75) is 78.2 Å². The molecule has 1 saturated carbocycles. The monoisotopic (exact) mass is 284 g/mol. The standard InChI is InChI=1S/C16H28O4/c1-4-11-16(12-5-2,14(17)19-6-3)15(18)20-13-9-7-8-10-13/h13H,4-12H2,1-3H3. The first-order valence-corrected chi connectivity index (χ1v) is 7.99. The highest BCUT2D eigenvalue weighted by molar-refractivity contribution is 6.00. The summed E-state index contributed by atoms with van der Waals surface area (Å²) in [5.41, 5.74) is -1.10. The quantitative estimate of drug-likeness (QED) is 0.504. The maximum absolute atomic E-state index is 12.6. The van der Waals surface area contributed by atoms with Crippen LogP contribution in [0.3, 0.4) is 0 Å². The maximum atomic E-state index is 12.6. The molecule has 0 N–H and O–H groups in total. The normalized spacial score (nSPS) is 16.1. The van der Waals surface area contributed by atoms with Crippen molar-refractivity contribution in [1.82, 2.24) is 0 Å². The second-order valence-electron chi connectivity index (χ2n) is 5.61. The Kier molecular flexibility index (Phi) is 7.03. The molecule has 0 aromatic rings. The van der Waals surface area contributed by atoms with Gasteiger partial charge in [0.2, 0.25) is 0 Å². The molecule has 0 unspecified atom stereocenters. The molecule has 0 atom stereocenters. The van der Waals surface area contributed by atoms with Crippen LogP contribution in [0.1, 0.15) is 72.1 Å². The van der Waals surface area contributed by atoms with Crippen molar-refractivity contribution in [3.05, 3.63) is 0 Å². The van der Waals surface area contributed by atoms with E-state index in [0.29, 0.717) is 19.4 Å². The Hall–Kier alpha value is -1.06. The van der Waals surface area contributed by atoms with Crippen LogP contribution in [0.5, 0.6) is 0 Å². The zero-order valence-corrected chi connectivity index (χ0v) is 13.1. The minimum atomic E-state index is -1.10. The van der Waals surface area contributed by atoms with E-state index in [2.05, 4.69) is 0 Å². The summed E-state index contributed by atoms with van der Waals surface area (Å²) in [6.07, 6.45) is 6.57. The Morgan fingerprint density at radius 2 is 1.55 bits per heavy atom. The molecule has 0 saturated heterocycles. The third-order valence-electron chi connectivity index (χ3n) is 3.99. The zero-order chi connectivity index (χ0) is 15.0. The number of rotatable bonds is 8. The summed E-state index contributed by atoms with van der Waals surface area (Å²) in [5.74, 6) is -0.779. The molecular weight excluding hydrogens is 256 g/mol. The van der Waals surface area contributed by atoms with Gasteiger partial charge in [-0.15, -0.1) is 0 Å². The van der Waals surface area contributed by atoms with Gasteiger partial charge in [-0.2, -0.15) is 0 Å². The van der Waals surface area contributed by atoms with Gasteiger partial charge in [-0.05, 0) is 45.4 Å². The lowest BCUT2D eigenvalue weighted by molar-refractivity contribution is -0.177. The second kappa shape index (κ2) is 8.28. The zero-order valence-electron chi connectivity index (χ0n) is 13.1. The van der Waals surface area contributed by atoms with Crippen LogP contribution < -0.4 is 0 Å². The molecule has 0 amide bonds. The smallest absolute Gasteiger partial charge is 0.323 e. The predicted octanol–water partition coefficient (Wildman–Crippen LogP) is 3.62. The molecule has 4 nitrogen and oxygen atoms in total. The SMILES string of the molecule is CCCC(CCC)(C(=O)OCC)C(=O)OC1CCCC1. The van der Waals surface area contributed by atoms with Gasteiger partial charge in [0.05, 0.1) is 6.61 Å². The van der Waals surface area contributed by atoms with Crippen LogP contribution in [-0.2, 0) is 19.1 Å². The first-order chi connectivity index (χ1) is 9.60. The van der Waals surface area contributed by atoms with Crippen molar-refractivity contribution in [3.8, 4) is 0 Å². The summed E-state index contributed by atoms with van der Waals surface area (Å²) in [7, 11) is 0. The van der Waals surface area contributed by atoms with E-state index in [-0.39, 0.29) is 12.1 Å². The van der Waals surface area contributed by atoms with E-state index in [1.54, 1.807) is 6.92 Å². The fraction of sp³-hybridized carbons (Fsp3) is 0.875. The van der Waals surface area contributed by atoms with E-state index in [0.717, 1.165) is 38.5 Å². The van der Waals surface area contributed by atoms with Crippen molar-refractivity contribution in [3.63, 3.8) is 0 Å². The highest BCUT2D eigenvalue weighted by Gasteiger charge is 2.48. The fourth-order valence-corrected chi connectivity index (χ4v) is 3.01. The second-order valence-corrected chi connectivity index (χ2v) is 5.61. The van der Waals surface area contributed by atoms with E-state index in [1.807, 2.05) is 13.8 Å². The summed E-state index contributed by atoms with van der Waals surface area (Å²) in [5, 5.41) is 0. The number of hydrogen-bond acceptors (Lipinski definition) is 4. The van der Waals surface area contributed by atoms with E-state index in [1.165, 1.54) is 0 Å². The Morgan fingerprint density at radius 1 is 1.00 bits per heavy atom. The van der Waals surface area contributed by atoms with Crippen molar-refractivity contribution in [2.75, 3.05) is 6.61 Å². The Balaban J connectivity index is 2.86. The molecule has 20 heavy (non-hydrogen) atoms. The average Bonchev–Trinajstić information content (AvgIpc) is 2.91. The van der Waals surface area contributed by atoms with Gasteiger partial charge in [0, 0.05) is 0 Å². The van der Waals surface area contributed by atoms with Gasteiger partial charge < -0.3 is 9.47 Å². The van der Waals surface area contributed by atoms with Crippen LogP contribution in [0.25, 0.3) is 0 Å². The molecular formula is C16H28O4. The summed E-state index contributed by atoms with van der Waals surface area (Å²) in [4.78, 5) is 24.9. The number of hydrogen-bond donors (Lipinski definition) is 0. The highest BCUT2D eigenvalue weighted by Crippen LogP contribution is 2.35. The van der Waals surface area contributed by atoms with Crippen LogP contribution in [0, 0.1) is 5.41 Å². The first kappa shape index (κ1) is 17.0. The Bertz CT molecular complexity index is 312. The van der Waals surface area contributed by atoms with E-state index >= 15 is 0 Å². The maximum Gasteiger partial charge on any atom is 0.323 e. The van der Waals surface area contributed by atoms with Crippen molar-refractivity contribution in [1.29, 1.82) is 0 Å². The summed E-state index contributed by atoms with van der Waals surface area (Å²) < 4.78 is 10.8. The average molecular weight is 284 g/mol. The molecule has 0 radical (unpaired) electrons. The molecule has 0 bridgehead atoms. The van der Waals surface area contributed by atoms with Gasteiger partial charge in [-0.3, -0.25) is 9.59 Å². The van der Waals surface area contributed by atoms with Gasteiger partial charge in [-0.25, -0.2) is 0 Å². The lowest BCUT2D eigenvalue weighted by Crippen LogP contribution is -2.43. The Labute approximate surface area is 122 Å². The summed E-state index contributed by atoms with van der Waals surface area (Å²) in [6.45, 7) is 6.02. The van der Waals surface area contributed by atoms with Crippen LogP contribution in [0.2, 0.25) is 0 Å². The van der Waals surface area contributed by atoms with E-state index in [4.69, 9.17) is 9.47 Å². The third kappa shape index (κ3) is 3.97. The summed E-state index contributed by atoms with van der Waals surface area (Å²) >= 11 is 0. The largest absolute Gasteiger partial charge is 0.465 e. The van der Waals surface area contributed by atoms with Gasteiger partial charge in [0.15, 0.2) is 5.41 Å². The number of ether oxygens (including phenoxy) is 2. The molecule has 116 valence electrons. The minimum absolute atomic E-state index is 0.00925. The van der Waals surface area contributed by atoms with Crippen molar-refractivity contribution < 1.29 is 19.1 Å². The minimum Gasteiger partial charge on any atom is -0.465 e. The molecule has 1 aliphatic rings. The van der Waals surface area contributed by atoms with Crippen LogP contribution >= 0.6 is 0 Å². The van der Waals surface area contributed by atoms with Gasteiger partial charge >= 0.3 is 11.9 Å². The molecule has 0 spiro atoms. The molecule has 0 aliphatic heterocycles. The van der Waals surface area contributed by atoms with Gasteiger partial charge in [-0.1, -0.05) is 26.7 Å². The van der Waals surface area contributed by atoms with Crippen molar-refractivity contribution in [2.24, 2.45) is 5.41 Å². The molecule has 0 aromatic carbocycles. The third-order valence-corrected chi connectivity index (χ3v) is 3.99. The van der Waals surface area contributed by atoms with Gasteiger partial charge in [0.1, 0.15) is 6.10 Å². The first-order valence-electron chi connectivity index (χ1n) is 7.99. The van der Waals surface area contributed by atoms with Gasteiger partial charge in [0.25, 0.3) is 0 Å². The van der Waals surface area contributed by atoms with Crippen LogP contribution in [0.4, 0.5) is 0 Å². The lowest BCUT2D eigenvalue weighted by Gasteiger charge is -2.30. The number of carbonyl (C=O) groups excluding carboxylic acids is 2. The fourth-order valence-electron chi connectivity index (χ4n) is 3.01. The van der Waals surface area contributed by atoms with E-state index in [9.17, 15) is 9.59 Å². The van der Waals surface area contributed by atoms with Crippen LogP contribution in [-0.4, -0.2) is 24.6 Å².